The molecule has 102 valence electrons. The van der Waals surface area contributed by atoms with Crippen molar-refractivity contribution in [1.29, 1.82) is 0 Å². The first-order valence-corrected chi connectivity index (χ1v) is 6.43. The van der Waals surface area contributed by atoms with Gasteiger partial charge in [0.2, 0.25) is 0 Å². The minimum atomic E-state index is 0. The molecule has 1 aromatic carbocycles. The van der Waals surface area contributed by atoms with Crippen molar-refractivity contribution >= 4 is 24.0 Å². The molecule has 5 heteroatoms. The van der Waals surface area contributed by atoms with E-state index in [0.717, 1.165) is 25.4 Å². The van der Waals surface area contributed by atoms with Crippen LogP contribution in [0.2, 0.25) is 5.02 Å². The third kappa shape index (κ3) is 4.32. The van der Waals surface area contributed by atoms with Crippen LogP contribution in [0.5, 0.6) is 5.75 Å². The average Bonchev–Trinajstić information content (AvgIpc) is 2.85. The maximum Gasteiger partial charge on any atom is 0.137 e. The summed E-state index contributed by atoms with van der Waals surface area (Å²) in [6.07, 6.45) is 1.22. The number of nitrogens with one attached hydrogen (secondary N) is 1. The fourth-order valence-electron chi connectivity index (χ4n) is 2.06. The summed E-state index contributed by atoms with van der Waals surface area (Å²) >= 11 is 6.02. The van der Waals surface area contributed by atoms with E-state index in [1.807, 2.05) is 24.3 Å². The molecule has 1 N–H and O–H groups in total. The van der Waals surface area contributed by atoms with Gasteiger partial charge in [-0.3, -0.25) is 4.90 Å². The lowest BCUT2D eigenvalue weighted by Crippen LogP contribution is -2.36. The molecular weight excluding hydrogens is 271 g/mol. The van der Waals surface area contributed by atoms with Crippen LogP contribution in [0.15, 0.2) is 24.3 Å². The number of halogens is 2. The molecule has 2 rings (SSSR count). The summed E-state index contributed by atoms with van der Waals surface area (Å²) in [4.78, 5) is 2.34. The molecule has 1 aliphatic rings. The molecule has 1 atom stereocenters. The third-order valence-electron chi connectivity index (χ3n) is 3.20. The zero-order chi connectivity index (χ0) is 12.1. The molecule has 0 saturated carbocycles. The minimum absolute atomic E-state index is 0. The van der Waals surface area contributed by atoms with Crippen LogP contribution >= 0.6 is 24.0 Å². The summed E-state index contributed by atoms with van der Waals surface area (Å²) in [5.74, 6) is 0.770. The van der Waals surface area contributed by atoms with E-state index < -0.39 is 0 Å². The Labute approximate surface area is 120 Å². The molecule has 0 aliphatic carbocycles. The first-order valence-electron chi connectivity index (χ1n) is 6.05. The van der Waals surface area contributed by atoms with Crippen molar-refractivity contribution in [2.45, 2.75) is 12.5 Å². The SMILES string of the molecule is CN(CCOc1ccccc1Cl)C1CCNC1.Cl. The van der Waals surface area contributed by atoms with Gasteiger partial charge in [-0.05, 0) is 32.1 Å². The number of hydrogen-bond donors (Lipinski definition) is 1. The lowest BCUT2D eigenvalue weighted by Gasteiger charge is -2.23. The summed E-state index contributed by atoms with van der Waals surface area (Å²) in [6, 6.07) is 8.24. The zero-order valence-corrected chi connectivity index (χ0v) is 12.1. The van der Waals surface area contributed by atoms with Crippen LogP contribution < -0.4 is 10.1 Å². The predicted molar refractivity (Wildman–Crippen MR) is 78.1 cm³/mol. The molecule has 1 fully saturated rings. The molecule has 0 spiro atoms. The van der Waals surface area contributed by atoms with Crippen LogP contribution in [-0.2, 0) is 0 Å². The highest BCUT2D eigenvalue weighted by Crippen LogP contribution is 2.22. The fourth-order valence-corrected chi connectivity index (χ4v) is 2.25. The summed E-state index contributed by atoms with van der Waals surface area (Å²) in [7, 11) is 2.15. The molecule has 1 heterocycles. The largest absolute Gasteiger partial charge is 0.491 e. The van der Waals surface area contributed by atoms with Gasteiger partial charge in [-0.15, -0.1) is 12.4 Å². The molecule has 0 bridgehead atoms. The van der Waals surface area contributed by atoms with Crippen molar-refractivity contribution in [2.24, 2.45) is 0 Å². The highest BCUT2D eigenvalue weighted by Gasteiger charge is 2.18. The Bertz CT molecular complexity index is 357. The summed E-state index contributed by atoms with van der Waals surface area (Å²) in [6.45, 7) is 3.82. The van der Waals surface area contributed by atoms with Gasteiger partial charge in [0, 0.05) is 19.1 Å². The van der Waals surface area contributed by atoms with Gasteiger partial charge in [0.05, 0.1) is 5.02 Å². The van der Waals surface area contributed by atoms with Crippen LogP contribution in [0.3, 0.4) is 0 Å². The molecule has 1 saturated heterocycles. The van der Waals surface area contributed by atoms with E-state index >= 15 is 0 Å². The van der Waals surface area contributed by atoms with Gasteiger partial charge in [0.1, 0.15) is 12.4 Å². The molecular formula is C13H20Cl2N2O. The molecule has 1 unspecified atom stereocenters. The standard InChI is InChI=1S/C13H19ClN2O.ClH/c1-16(11-6-7-15-10-11)8-9-17-13-5-3-2-4-12(13)14;/h2-5,11,15H,6-10H2,1H3;1H. The molecule has 18 heavy (non-hydrogen) atoms. The van der Waals surface area contributed by atoms with Gasteiger partial charge in [0.15, 0.2) is 0 Å². The van der Waals surface area contributed by atoms with Crippen LogP contribution in [0.4, 0.5) is 0 Å². The predicted octanol–water partition coefficient (Wildman–Crippen LogP) is 2.43. The minimum Gasteiger partial charge on any atom is -0.491 e. The Balaban J connectivity index is 0.00000162. The quantitative estimate of drug-likeness (QED) is 0.902. The van der Waals surface area contributed by atoms with Crippen LogP contribution in [0, 0.1) is 0 Å². The number of hydrogen-bond acceptors (Lipinski definition) is 3. The smallest absolute Gasteiger partial charge is 0.137 e. The number of nitrogens with zero attached hydrogens (tertiary/aromatic N) is 1. The number of rotatable bonds is 5. The van der Waals surface area contributed by atoms with E-state index in [1.165, 1.54) is 6.42 Å². The molecule has 0 amide bonds. The zero-order valence-electron chi connectivity index (χ0n) is 10.6. The summed E-state index contributed by atoms with van der Waals surface area (Å²) < 4.78 is 5.67. The Morgan fingerprint density at radius 1 is 1.44 bits per heavy atom. The Kier molecular flexibility index (Phi) is 6.79. The van der Waals surface area contributed by atoms with Gasteiger partial charge >= 0.3 is 0 Å². The molecule has 0 radical (unpaired) electrons. The Morgan fingerprint density at radius 2 is 2.22 bits per heavy atom. The molecule has 3 nitrogen and oxygen atoms in total. The van der Waals surface area contributed by atoms with E-state index in [2.05, 4.69) is 17.3 Å². The second-order valence-corrected chi connectivity index (χ2v) is 4.81. The van der Waals surface area contributed by atoms with Crippen molar-refractivity contribution in [3.63, 3.8) is 0 Å². The second kappa shape index (κ2) is 7.85. The Hall–Kier alpha value is -0.480. The Morgan fingerprint density at radius 3 is 2.89 bits per heavy atom. The fraction of sp³-hybridized carbons (Fsp3) is 0.538. The highest BCUT2D eigenvalue weighted by atomic mass is 35.5. The lowest BCUT2D eigenvalue weighted by atomic mass is 10.2. The summed E-state index contributed by atoms with van der Waals surface area (Å²) in [5, 5.41) is 4.05. The van der Waals surface area contributed by atoms with Crippen molar-refractivity contribution in [3.8, 4) is 5.75 Å². The van der Waals surface area contributed by atoms with Crippen molar-refractivity contribution in [2.75, 3.05) is 33.3 Å². The lowest BCUT2D eigenvalue weighted by molar-refractivity contribution is 0.199. The van der Waals surface area contributed by atoms with Crippen LogP contribution in [0.1, 0.15) is 6.42 Å². The average molecular weight is 291 g/mol. The monoisotopic (exact) mass is 290 g/mol. The van der Waals surface area contributed by atoms with E-state index in [4.69, 9.17) is 16.3 Å². The highest BCUT2D eigenvalue weighted by molar-refractivity contribution is 6.32. The van der Waals surface area contributed by atoms with E-state index in [-0.39, 0.29) is 12.4 Å². The van der Waals surface area contributed by atoms with E-state index in [9.17, 15) is 0 Å². The van der Waals surface area contributed by atoms with Crippen molar-refractivity contribution in [3.05, 3.63) is 29.3 Å². The number of benzene rings is 1. The van der Waals surface area contributed by atoms with Gasteiger partial charge < -0.3 is 10.1 Å². The second-order valence-electron chi connectivity index (χ2n) is 4.41. The topological polar surface area (TPSA) is 24.5 Å². The van der Waals surface area contributed by atoms with E-state index in [1.54, 1.807) is 0 Å². The summed E-state index contributed by atoms with van der Waals surface area (Å²) in [5.41, 5.74) is 0. The number of ether oxygens (including phenoxy) is 1. The van der Waals surface area contributed by atoms with Crippen LogP contribution in [0.25, 0.3) is 0 Å². The maximum absolute atomic E-state index is 6.02. The third-order valence-corrected chi connectivity index (χ3v) is 3.51. The number of likely N-dealkylation sites (N-methyl/N-ethyl adjacent to an activating group) is 1. The molecule has 0 aromatic heterocycles. The molecule has 1 aromatic rings. The number of para-hydroxylation sites is 1. The maximum atomic E-state index is 6.02. The van der Waals surface area contributed by atoms with Gasteiger partial charge in [-0.2, -0.15) is 0 Å². The van der Waals surface area contributed by atoms with Gasteiger partial charge in [0.25, 0.3) is 0 Å². The first kappa shape index (κ1) is 15.6. The first-order chi connectivity index (χ1) is 8.27. The van der Waals surface area contributed by atoms with Crippen molar-refractivity contribution in [1.82, 2.24) is 10.2 Å². The van der Waals surface area contributed by atoms with Crippen molar-refractivity contribution < 1.29 is 4.74 Å². The normalized spacial score (nSPS) is 18.7. The van der Waals surface area contributed by atoms with Crippen LogP contribution in [-0.4, -0.2) is 44.2 Å². The van der Waals surface area contributed by atoms with Gasteiger partial charge in [-0.1, -0.05) is 23.7 Å². The van der Waals surface area contributed by atoms with Gasteiger partial charge in [-0.25, -0.2) is 0 Å². The van der Waals surface area contributed by atoms with E-state index in [0.29, 0.717) is 17.7 Å². The molecule has 1 aliphatic heterocycles.